The van der Waals surface area contributed by atoms with Crippen LogP contribution < -0.4 is 5.32 Å². The second-order valence-electron chi connectivity index (χ2n) is 5.46. The molecule has 0 aliphatic carbocycles. The zero-order valence-electron chi connectivity index (χ0n) is 13.7. The van der Waals surface area contributed by atoms with Gasteiger partial charge in [0.25, 0.3) is 5.91 Å². The molecule has 0 aliphatic heterocycles. The number of carbonyl (C=O) groups excluding carboxylic acids is 2. The van der Waals surface area contributed by atoms with E-state index in [1.54, 1.807) is 29.9 Å². The van der Waals surface area contributed by atoms with Crippen molar-refractivity contribution in [2.45, 2.75) is 26.3 Å². The van der Waals surface area contributed by atoms with Gasteiger partial charge in [-0.15, -0.1) is 0 Å². The third kappa shape index (κ3) is 4.45. The Bertz CT molecular complexity index is 674. The second-order valence-corrected chi connectivity index (χ2v) is 5.46. The minimum absolute atomic E-state index is 0.137. The van der Waals surface area contributed by atoms with Crippen molar-refractivity contribution in [1.82, 2.24) is 9.88 Å². The van der Waals surface area contributed by atoms with Gasteiger partial charge in [0, 0.05) is 13.2 Å². The van der Waals surface area contributed by atoms with Gasteiger partial charge in [0.05, 0.1) is 6.04 Å². The number of nitrogens with one attached hydrogen (secondary N) is 1. The monoisotopic (exact) mass is 314 g/mol. The number of carbonyl (C=O) groups is 2. The summed E-state index contributed by atoms with van der Waals surface area (Å²) < 4.78 is 6.68. The molecule has 1 heterocycles. The first-order chi connectivity index (χ1) is 11.0. The number of hydrogen-bond acceptors (Lipinski definition) is 3. The zero-order chi connectivity index (χ0) is 16.8. The van der Waals surface area contributed by atoms with Gasteiger partial charge in [0.1, 0.15) is 5.69 Å². The zero-order valence-corrected chi connectivity index (χ0v) is 13.7. The summed E-state index contributed by atoms with van der Waals surface area (Å²) in [7, 11) is 1.75. The first-order valence-electron chi connectivity index (χ1n) is 7.68. The Labute approximate surface area is 136 Å². The molecule has 1 N–H and O–H groups in total. The molecule has 0 fully saturated rings. The molecule has 0 bridgehead atoms. The average Bonchev–Trinajstić information content (AvgIpc) is 2.98. The number of amides is 1. The van der Waals surface area contributed by atoms with Gasteiger partial charge in [-0.2, -0.15) is 0 Å². The number of rotatable bonds is 6. The van der Waals surface area contributed by atoms with Crippen LogP contribution in [0, 0.1) is 0 Å². The van der Waals surface area contributed by atoms with Gasteiger partial charge in [-0.25, -0.2) is 4.79 Å². The number of nitrogens with zero attached hydrogens (tertiary/aromatic N) is 1. The van der Waals surface area contributed by atoms with E-state index in [0.717, 1.165) is 12.0 Å². The highest BCUT2D eigenvalue weighted by molar-refractivity contribution is 5.90. The van der Waals surface area contributed by atoms with E-state index in [4.69, 9.17) is 4.74 Å². The molecule has 122 valence electrons. The van der Waals surface area contributed by atoms with Crippen molar-refractivity contribution < 1.29 is 14.3 Å². The van der Waals surface area contributed by atoms with Crippen LogP contribution in [0.2, 0.25) is 0 Å². The van der Waals surface area contributed by atoms with Crippen LogP contribution in [0.15, 0.2) is 42.6 Å². The largest absolute Gasteiger partial charge is 0.451 e. The van der Waals surface area contributed by atoms with Gasteiger partial charge in [0.15, 0.2) is 6.61 Å². The lowest BCUT2D eigenvalue weighted by atomic mass is 10.1. The molecular formula is C18H22N2O3. The predicted octanol–water partition coefficient (Wildman–Crippen LogP) is 2.62. The van der Waals surface area contributed by atoms with E-state index >= 15 is 0 Å². The molecule has 1 amide bonds. The van der Waals surface area contributed by atoms with E-state index in [1.807, 2.05) is 31.2 Å². The van der Waals surface area contributed by atoms with E-state index < -0.39 is 5.97 Å². The maximum absolute atomic E-state index is 11.9. The summed E-state index contributed by atoms with van der Waals surface area (Å²) in [6, 6.07) is 11.4. The van der Waals surface area contributed by atoms with Crippen LogP contribution in [0.1, 0.15) is 41.5 Å². The maximum atomic E-state index is 11.9. The average molecular weight is 314 g/mol. The standard InChI is InChI=1S/C18H22N2O3/c1-4-14-7-9-15(10-8-14)13(2)19-17(21)12-23-18(22)16-6-5-11-20(16)3/h5-11,13H,4,12H2,1-3H3,(H,19,21)/t13-/m0/s1. The van der Waals surface area contributed by atoms with Crippen molar-refractivity contribution in [3.8, 4) is 0 Å². The van der Waals surface area contributed by atoms with Crippen molar-refractivity contribution in [1.29, 1.82) is 0 Å². The third-order valence-corrected chi connectivity index (χ3v) is 3.75. The van der Waals surface area contributed by atoms with Crippen molar-refractivity contribution >= 4 is 11.9 Å². The van der Waals surface area contributed by atoms with Crippen LogP contribution in [0.4, 0.5) is 0 Å². The van der Waals surface area contributed by atoms with Gasteiger partial charge in [-0.3, -0.25) is 4.79 Å². The Hall–Kier alpha value is -2.56. The molecule has 1 aromatic carbocycles. The molecule has 5 nitrogen and oxygen atoms in total. The highest BCUT2D eigenvalue weighted by Crippen LogP contribution is 2.13. The molecular weight excluding hydrogens is 292 g/mol. The Morgan fingerprint density at radius 3 is 2.48 bits per heavy atom. The lowest BCUT2D eigenvalue weighted by Gasteiger charge is -2.15. The fourth-order valence-corrected chi connectivity index (χ4v) is 2.29. The third-order valence-electron chi connectivity index (χ3n) is 3.75. The smallest absolute Gasteiger partial charge is 0.355 e. The van der Waals surface area contributed by atoms with Crippen LogP contribution >= 0.6 is 0 Å². The van der Waals surface area contributed by atoms with E-state index in [0.29, 0.717) is 5.69 Å². The Kier molecular flexibility index (Phi) is 5.57. The fourth-order valence-electron chi connectivity index (χ4n) is 2.29. The number of ether oxygens (including phenoxy) is 1. The first kappa shape index (κ1) is 16.8. The molecule has 23 heavy (non-hydrogen) atoms. The normalized spacial score (nSPS) is 11.8. The van der Waals surface area contributed by atoms with E-state index in [9.17, 15) is 9.59 Å². The highest BCUT2D eigenvalue weighted by Gasteiger charge is 2.14. The molecule has 5 heteroatoms. The topological polar surface area (TPSA) is 60.3 Å². The molecule has 0 radical (unpaired) electrons. The summed E-state index contributed by atoms with van der Waals surface area (Å²) in [5, 5.41) is 2.83. The fraction of sp³-hybridized carbons (Fsp3) is 0.333. The molecule has 2 rings (SSSR count). The molecule has 1 aromatic heterocycles. The maximum Gasteiger partial charge on any atom is 0.355 e. The number of aryl methyl sites for hydroxylation is 2. The minimum atomic E-state index is -0.507. The number of benzene rings is 1. The van der Waals surface area contributed by atoms with Crippen molar-refractivity contribution in [2.75, 3.05) is 6.61 Å². The molecule has 0 saturated heterocycles. The van der Waals surface area contributed by atoms with E-state index in [1.165, 1.54) is 5.56 Å². The van der Waals surface area contributed by atoms with E-state index in [2.05, 4.69) is 12.2 Å². The van der Waals surface area contributed by atoms with Gasteiger partial charge in [-0.05, 0) is 36.6 Å². The number of esters is 1. The lowest BCUT2D eigenvalue weighted by Crippen LogP contribution is -2.31. The number of hydrogen-bond donors (Lipinski definition) is 1. The SMILES string of the molecule is CCc1ccc([C@H](C)NC(=O)COC(=O)c2cccn2C)cc1. The van der Waals surface area contributed by atoms with Gasteiger partial charge < -0.3 is 14.6 Å². The number of aromatic nitrogens is 1. The van der Waals surface area contributed by atoms with Crippen LogP contribution in [0.25, 0.3) is 0 Å². The Morgan fingerprint density at radius 2 is 1.91 bits per heavy atom. The van der Waals surface area contributed by atoms with Crippen molar-refractivity contribution in [2.24, 2.45) is 7.05 Å². The summed E-state index contributed by atoms with van der Waals surface area (Å²) in [5.41, 5.74) is 2.69. The van der Waals surface area contributed by atoms with Crippen LogP contribution in [0.5, 0.6) is 0 Å². The van der Waals surface area contributed by atoms with Crippen LogP contribution in [-0.2, 0) is 23.0 Å². The summed E-state index contributed by atoms with van der Waals surface area (Å²) >= 11 is 0. The molecule has 0 unspecified atom stereocenters. The Morgan fingerprint density at radius 1 is 1.22 bits per heavy atom. The lowest BCUT2D eigenvalue weighted by molar-refractivity contribution is -0.124. The van der Waals surface area contributed by atoms with Crippen LogP contribution in [0.3, 0.4) is 0 Å². The van der Waals surface area contributed by atoms with Gasteiger partial charge >= 0.3 is 5.97 Å². The van der Waals surface area contributed by atoms with Gasteiger partial charge in [-0.1, -0.05) is 31.2 Å². The predicted molar refractivity (Wildman–Crippen MR) is 88.1 cm³/mol. The van der Waals surface area contributed by atoms with Crippen molar-refractivity contribution in [3.05, 3.63) is 59.4 Å². The minimum Gasteiger partial charge on any atom is -0.451 e. The summed E-state index contributed by atoms with van der Waals surface area (Å²) in [4.78, 5) is 23.7. The molecule has 2 aromatic rings. The van der Waals surface area contributed by atoms with Crippen LogP contribution in [-0.4, -0.2) is 23.1 Å². The first-order valence-corrected chi connectivity index (χ1v) is 7.68. The summed E-state index contributed by atoms with van der Waals surface area (Å²) in [6.07, 6.45) is 2.73. The highest BCUT2D eigenvalue weighted by atomic mass is 16.5. The van der Waals surface area contributed by atoms with Crippen molar-refractivity contribution in [3.63, 3.8) is 0 Å². The Balaban J connectivity index is 1.84. The quantitative estimate of drug-likeness (QED) is 0.834. The molecule has 0 aliphatic rings. The summed E-state index contributed by atoms with van der Waals surface area (Å²) in [5.74, 6) is -0.827. The van der Waals surface area contributed by atoms with Gasteiger partial charge in [0.2, 0.25) is 0 Å². The van der Waals surface area contributed by atoms with E-state index in [-0.39, 0.29) is 18.6 Å². The summed E-state index contributed by atoms with van der Waals surface area (Å²) in [6.45, 7) is 3.71. The molecule has 1 atom stereocenters. The second kappa shape index (κ2) is 7.63. The molecule has 0 spiro atoms. The molecule has 0 saturated carbocycles.